The van der Waals surface area contributed by atoms with Crippen LogP contribution >= 0.6 is 0 Å². The van der Waals surface area contributed by atoms with E-state index in [1.54, 1.807) is 0 Å². The minimum Gasteiger partial charge on any atom is -0.229 e. The summed E-state index contributed by atoms with van der Waals surface area (Å²) in [4.78, 5) is 0. The maximum absolute atomic E-state index is 11.8. The van der Waals surface area contributed by atoms with Crippen LogP contribution in [0.3, 0.4) is 0 Å². The van der Waals surface area contributed by atoms with Crippen molar-refractivity contribution < 1.29 is 16.8 Å². The van der Waals surface area contributed by atoms with Crippen molar-refractivity contribution in [1.29, 1.82) is 0 Å². The zero-order valence-electron chi connectivity index (χ0n) is 9.68. The molecular weight excluding hydrogens is 248 g/mol. The maximum Gasteiger partial charge on any atom is 0.154 e. The zero-order valence-corrected chi connectivity index (χ0v) is 11.3. The van der Waals surface area contributed by atoms with Gasteiger partial charge >= 0.3 is 0 Å². The van der Waals surface area contributed by atoms with Crippen molar-refractivity contribution in [3.8, 4) is 0 Å². The smallest absolute Gasteiger partial charge is 0.154 e. The summed E-state index contributed by atoms with van der Waals surface area (Å²) in [7, 11) is -6.28. The number of sulfone groups is 2. The van der Waals surface area contributed by atoms with Crippen LogP contribution in [0.1, 0.15) is 39.0 Å². The van der Waals surface area contributed by atoms with Crippen molar-refractivity contribution in [2.45, 2.75) is 44.3 Å². The third-order valence-electron chi connectivity index (χ3n) is 2.98. The second kappa shape index (κ2) is 5.49. The molecule has 0 bridgehead atoms. The van der Waals surface area contributed by atoms with Crippen LogP contribution in [0.5, 0.6) is 0 Å². The Morgan fingerprint density at radius 1 is 1.19 bits per heavy atom. The molecule has 0 saturated carbocycles. The number of unbranched alkanes of at least 4 members (excludes halogenated alkanes) is 3. The van der Waals surface area contributed by atoms with Crippen LogP contribution in [-0.4, -0.2) is 39.3 Å². The molecule has 1 aliphatic heterocycles. The molecule has 1 aliphatic rings. The summed E-state index contributed by atoms with van der Waals surface area (Å²) >= 11 is 0. The molecule has 96 valence electrons. The summed E-state index contributed by atoms with van der Waals surface area (Å²) in [6.07, 6.45) is 3.97. The molecule has 1 fully saturated rings. The zero-order chi connectivity index (χ0) is 12.2. The van der Waals surface area contributed by atoms with Gasteiger partial charge in [0.05, 0.1) is 22.5 Å². The summed E-state index contributed by atoms with van der Waals surface area (Å²) in [5.41, 5.74) is 0. The van der Waals surface area contributed by atoms with Crippen molar-refractivity contribution >= 4 is 19.7 Å². The average Bonchev–Trinajstić information content (AvgIpc) is 2.54. The Bertz CT molecular complexity index is 408. The molecule has 0 N–H and O–H groups in total. The minimum atomic E-state index is -3.19. The Morgan fingerprint density at radius 3 is 2.38 bits per heavy atom. The van der Waals surface area contributed by atoms with Crippen molar-refractivity contribution in [2.75, 3.05) is 17.3 Å². The third kappa shape index (κ3) is 4.05. The van der Waals surface area contributed by atoms with Crippen molar-refractivity contribution in [3.63, 3.8) is 0 Å². The first-order valence-electron chi connectivity index (χ1n) is 5.79. The molecule has 0 aromatic heterocycles. The van der Waals surface area contributed by atoms with E-state index < -0.39 is 24.9 Å². The van der Waals surface area contributed by atoms with Gasteiger partial charge in [0, 0.05) is 0 Å². The Balaban J connectivity index is 2.46. The van der Waals surface area contributed by atoms with Gasteiger partial charge in [-0.2, -0.15) is 0 Å². The van der Waals surface area contributed by atoms with Gasteiger partial charge in [-0.3, -0.25) is 0 Å². The highest BCUT2D eigenvalue weighted by atomic mass is 32.2. The largest absolute Gasteiger partial charge is 0.229 e. The molecule has 1 unspecified atom stereocenters. The van der Waals surface area contributed by atoms with Crippen LogP contribution in [0.4, 0.5) is 0 Å². The first kappa shape index (κ1) is 14.0. The molecule has 0 aromatic carbocycles. The van der Waals surface area contributed by atoms with Gasteiger partial charge in [0.15, 0.2) is 19.7 Å². The van der Waals surface area contributed by atoms with Gasteiger partial charge in [-0.15, -0.1) is 0 Å². The molecule has 0 spiro atoms. The second-order valence-corrected chi connectivity index (χ2v) is 9.08. The van der Waals surface area contributed by atoms with Crippen molar-refractivity contribution in [1.82, 2.24) is 0 Å². The van der Waals surface area contributed by atoms with E-state index in [0.717, 1.165) is 19.3 Å². The van der Waals surface area contributed by atoms with Crippen LogP contribution in [0, 0.1) is 0 Å². The van der Waals surface area contributed by atoms with Crippen LogP contribution < -0.4 is 0 Å². The van der Waals surface area contributed by atoms with Gasteiger partial charge in [-0.25, -0.2) is 16.8 Å². The van der Waals surface area contributed by atoms with Gasteiger partial charge in [0.2, 0.25) is 0 Å². The molecule has 6 heteroatoms. The van der Waals surface area contributed by atoms with Gasteiger partial charge < -0.3 is 0 Å². The predicted octanol–water partition coefficient (Wildman–Crippen LogP) is 1.17. The highest BCUT2D eigenvalue weighted by Crippen LogP contribution is 2.20. The predicted molar refractivity (Wildman–Crippen MR) is 65.0 cm³/mol. The highest BCUT2D eigenvalue weighted by Gasteiger charge is 2.36. The van der Waals surface area contributed by atoms with E-state index in [2.05, 4.69) is 6.92 Å². The lowest BCUT2D eigenvalue weighted by Gasteiger charge is -2.09. The van der Waals surface area contributed by atoms with Gasteiger partial charge in [-0.1, -0.05) is 26.2 Å². The van der Waals surface area contributed by atoms with Crippen LogP contribution in [0.15, 0.2) is 0 Å². The van der Waals surface area contributed by atoms with E-state index in [9.17, 15) is 16.8 Å². The standard InChI is InChI=1S/C10H20O4S2/c1-2-3-4-5-7-16(13,14)10-6-8-15(11,12)9-10/h10H,2-9H2,1H3. The SMILES string of the molecule is CCCCCCS(=O)(=O)C1CCS(=O)(=O)C1. The van der Waals surface area contributed by atoms with Gasteiger partial charge in [0.1, 0.15) is 0 Å². The fraction of sp³-hybridized carbons (Fsp3) is 1.00. The van der Waals surface area contributed by atoms with E-state index >= 15 is 0 Å². The normalized spacial score (nSPS) is 24.7. The van der Waals surface area contributed by atoms with Gasteiger partial charge in [-0.05, 0) is 12.8 Å². The van der Waals surface area contributed by atoms with E-state index in [1.807, 2.05) is 0 Å². The first-order chi connectivity index (χ1) is 7.37. The molecule has 1 saturated heterocycles. The van der Waals surface area contributed by atoms with Crippen LogP contribution in [0.25, 0.3) is 0 Å². The molecule has 0 aliphatic carbocycles. The molecule has 0 amide bonds. The third-order valence-corrected chi connectivity index (χ3v) is 7.24. The lowest BCUT2D eigenvalue weighted by Crippen LogP contribution is -2.25. The molecule has 16 heavy (non-hydrogen) atoms. The fourth-order valence-electron chi connectivity index (χ4n) is 1.94. The van der Waals surface area contributed by atoms with Crippen molar-refractivity contribution in [2.24, 2.45) is 0 Å². The quantitative estimate of drug-likeness (QED) is 0.678. The van der Waals surface area contributed by atoms with Gasteiger partial charge in [0.25, 0.3) is 0 Å². The summed E-state index contributed by atoms with van der Waals surface area (Å²) in [5.74, 6) is 0.0160. The molecular formula is C10H20O4S2. The van der Waals surface area contributed by atoms with E-state index in [4.69, 9.17) is 0 Å². The minimum absolute atomic E-state index is 0.0336. The summed E-state index contributed by atoms with van der Waals surface area (Å²) in [5, 5.41) is -0.640. The van der Waals surface area contributed by atoms with Crippen molar-refractivity contribution in [3.05, 3.63) is 0 Å². The van der Waals surface area contributed by atoms with E-state index in [-0.39, 0.29) is 17.3 Å². The van der Waals surface area contributed by atoms with E-state index in [1.165, 1.54) is 0 Å². The summed E-state index contributed by atoms with van der Waals surface area (Å²) in [6.45, 7) is 2.07. The monoisotopic (exact) mass is 268 g/mol. The lowest BCUT2D eigenvalue weighted by atomic mass is 10.2. The molecule has 0 aromatic rings. The molecule has 0 radical (unpaired) electrons. The molecule has 1 heterocycles. The number of hydrogen-bond acceptors (Lipinski definition) is 4. The summed E-state index contributed by atoms with van der Waals surface area (Å²) < 4.78 is 46.0. The summed E-state index contributed by atoms with van der Waals surface area (Å²) in [6, 6.07) is 0. The first-order valence-corrected chi connectivity index (χ1v) is 9.33. The molecule has 4 nitrogen and oxygen atoms in total. The highest BCUT2D eigenvalue weighted by molar-refractivity contribution is 7.96. The van der Waals surface area contributed by atoms with E-state index in [0.29, 0.717) is 12.8 Å². The average molecular weight is 268 g/mol. The topological polar surface area (TPSA) is 68.3 Å². The Hall–Kier alpha value is -0.100. The fourth-order valence-corrected chi connectivity index (χ4v) is 6.50. The number of hydrogen-bond donors (Lipinski definition) is 0. The number of rotatable bonds is 6. The maximum atomic E-state index is 11.8. The van der Waals surface area contributed by atoms with Crippen LogP contribution in [0.2, 0.25) is 0 Å². The Labute approximate surface area is 98.3 Å². The second-order valence-electron chi connectivity index (χ2n) is 4.45. The molecule has 1 rings (SSSR count). The Kier molecular flexibility index (Phi) is 4.79. The molecule has 1 atom stereocenters. The lowest BCUT2D eigenvalue weighted by molar-refractivity contribution is 0.576. The van der Waals surface area contributed by atoms with Crippen LogP contribution in [-0.2, 0) is 19.7 Å². The Morgan fingerprint density at radius 2 is 1.88 bits per heavy atom.